The number of rotatable bonds is 2. The number of aryl methyl sites for hydroxylation is 1. The Labute approximate surface area is 108 Å². The average Bonchev–Trinajstić information content (AvgIpc) is 2.71. The summed E-state index contributed by atoms with van der Waals surface area (Å²) in [6.45, 7) is 1.98. The molecule has 0 spiro atoms. The van der Waals surface area contributed by atoms with E-state index in [2.05, 4.69) is 31.9 Å². The summed E-state index contributed by atoms with van der Waals surface area (Å²) in [6.07, 6.45) is -0.696. The fraction of sp³-hybridized carbons (Fsp3) is 0.200. The number of hydrogen-bond donors (Lipinski definition) is 1. The summed E-state index contributed by atoms with van der Waals surface area (Å²) in [4.78, 5) is 1.09. The predicted octanol–water partition coefficient (Wildman–Crippen LogP) is 4.26. The fourth-order valence-corrected chi connectivity index (χ4v) is 3.42. The van der Waals surface area contributed by atoms with Crippen molar-refractivity contribution in [3.05, 3.63) is 42.9 Å². The lowest BCUT2D eigenvalue weighted by molar-refractivity contribution is 0.187. The van der Waals surface area contributed by atoms with Crippen molar-refractivity contribution in [1.82, 2.24) is 0 Å². The van der Waals surface area contributed by atoms with Crippen molar-refractivity contribution >= 4 is 43.2 Å². The largest absolute Gasteiger partial charge is 0.451 e. The third-order valence-corrected chi connectivity index (χ3v) is 4.08. The van der Waals surface area contributed by atoms with E-state index >= 15 is 0 Å². The molecule has 1 atom stereocenters. The molecule has 0 aliphatic carbocycles. The van der Waals surface area contributed by atoms with E-state index in [-0.39, 0.29) is 0 Å². The van der Waals surface area contributed by atoms with Crippen LogP contribution < -0.4 is 0 Å². The van der Waals surface area contributed by atoms with Crippen LogP contribution in [0.4, 0.5) is 0 Å². The van der Waals surface area contributed by atoms with Crippen molar-refractivity contribution in [2.75, 3.05) is 0 Å². The molecule has 1 N–H and O–H groups in total. The predicted molar refractivity (Wildman–Crippen MR) is 67.2 cm³/mol. The zero-order valence-electron chi connectivity index (χ0n) is 7.83. The fourth-order valence-electron chi connectivity index (χ4n) is 1.36. The molecule has 2 aromatic heterocycles. The molecule has 0 aliphatic heterocycles. The Morgan fingerprint density at radius 3 is 2.60 bits per heavy atom. The maximum absolute atomic E-state index is 10.1. The van der Waals surface area contributed by atoms with Crippen LogP contribution in [0, 0.1) is 6.92 Å². The average molecular weight is 352 g/mol. The summed E-state index contributed by atoms with van der Waals surface area (Å²) in [5.41, 5.74) is 0.883. The Bertz CT molecular complexity index is 475. The molecule has 1 unspecified atom stereocenters. The molecule has 0 radical (unpaired) electrons. The van der Waals surface area contributed by atoms with Gasteiger partial charge in [-0.05, 0) is 57.0 Å². The molecule has 2 nitrogen and oxygen atoms in total. The standard InChI is InChI=1S/C10H8Br2O2S/c1-5-6(4-9(12)15-5)10(13)7-2-3-8(11)14-7/h2-4,10,13H,1H3. The van der Waals surface area contributed by atoms with Crippen molar-refractivity contribution < 1.29 is 9.52 Å². The van der Waals surface area contributed by atoms with Crippen LogP contribution in [-0.4, -0.2) is 5.11 Å². The van der Waals surface area contributed by atoms with E-state index in [0.717, 1.165) is 14.2 Å². The van der Waals surface area contributed by atoms with Crippen LogP contribution in [0.25, 0.3) is 0 Å². The van der Waals surface area contributed by atoms with Crippen molar-refractivity contribution in [2.24, 2.45) is 0 Å². The van der Waals surface area contributed by atoms with Crippen molar-refractivity contribution in [3.63, 3.8) is 0 Å². The molecule has 0 saturated carbocycles. The summed E-state index contributed by atoms with van der Waals surface area (Å²) < 4.78 is 6.96. The first-order chi connectivity index (χ1) is 7.08. The van der Waals surface area contributed by atoms with Gasteiger partial charge in [-0.25, -0.2) is 0 Å². The van der Waals surface area contributed by atoms with Crippen molar-refractivity contribution in [2.45, 2.75) is 13.0 Å². The second-order valence-corrected chi connectivity index (χ2v) is 6.52. The highest BCUT2D eigenvalue weighted by atomic mass is 79.9. The maximum Gasteiger partial charge on any atom is 0.169 e. The minimum atomic E-state index is -0.696. The van der Waals surface area contributed by atoms with Gasteiger partial charge in [0.25, 0.3) is 0 Å². The van der Waals surface area contributed by atoms with Gasteiger partial charge in [0.15, 0.2) is 4.67 Å². The molecular formula is C10H8Br2O2S. The van der Waals surface area contributed by atoms with Gasteiger partial charge in [0, 0.05) is 10.4 Å². The minimum absolute atomic E-state index is 0.551. The summed E-state index contributed by atoms with van der Waals surface area (Å²) in [7, 11) is 0. The normalized spacial score (nSPS) is 13.1. The van der Waals surface area contributed by atoms with E-state index in [4.69, 9.17) is 4.42 Å². The molecule has 15 heavy (non-hydrogen) atoms. The molecule has 0 fully saturated rings. The van der Waals surface area contributed by atoms with Crippen LogP contribution in [0.2, 0.25) is 0 Å². The van der Waals surface area contributed by atoms with Gasteiger partial charge < -0.3 is 9.52 Å². The van der Waals surface area contributed by atoms with E-state index in [1.807, 2.05) is 13.0 Å². The van der Waals surface area contributed by atoms with E-state index in [1.54, 1.807) is 23.5 Å². The highest BCUT2D eigenvalue weighted by molar-refractivity contribution is 9.11. The van der Waals surface area contributed by atoms with Gasteiger partial charge in [0.2, 0.25) is 0 Å². The van der Waals surface area contributed by atoms with Gasteiger partial charge >= 0.3 is 0 Å². The van der Waals surface area contributed by atoms with E-state index in [1.165, 1.54) is 0 Å². The van der Waals surface area contributed by atoms with Crippen LogP contribution in [0.3, 0.4) is 0 Å². The molecule has 2 rings (SSSR count). The van der Waals surface area contributed by atoms with Gasteiger partial charge in [-0.3, -0.25) is 0 Å². The van der Waals surface area contributed by atoms with E-state index in [0.29, 0.717) is 10.4 Å². The number of aliphatic hydroxyl groups excluding tert-OH is 1. The second kappa shape index (κ2) is 4.41. The van der Waals surface area contributed by atoms with Gasteiger partial charge in [-0.15, -0.1) is 11.3 Å². The molecule has 0 saturated heterocycles. The molecule has 5 heteroatoms. The van der Waals surface area contributed by atoms with Crippen molar-refractivity contribution in [3.8, 4) is 0 Å². The SMILES string of the molecule is Cc1sc(Br)cc1C(O)c1ccc(Br)o1. The lowest BCUT2D eigenvalue weighted by Crippen LogP contribution is -1.97. The Morgan fingerprint density at radius 1 is 1.40 bits per heavy atom. The highest BCUT2D eigenvalue weighted by Crippen LogP contribution is 2.34. The van der Waals surface area contributed by atoms with Crippen LogP contribution in [-0.2, 0) is 0 Å². The molecule has 2 heterocycles. The Balaban J connectivity index is 2.35. The Kier molecular flexibility index (Phi) is 3.35. The summed E-state index contributed by atoms with van der Waals surface area (Å²) >= 11 is 8.21. The number of aliphatic hydroxyl groups is 1. The zero-order valence-corrected chi connectivity index (χ0v) is 11.8. The number of thiophene rings is 1. The quantitative estimate of drug-likeness (QED) is 0.877. The van der Waals surface area contributed by atoms with Gasteiger partial charge in [0.05, 0.1) is 3.79 Å². The highest BCUT2D eigenvalue weighted by Gasteiger charge is 2.18. The molecule has 0 aliphatic rings. The van der Waals surface area contributed by atoms with E-state index < -0.39 is 6.10 Å². The first-order valence-corrected chi connectivity index (χ1v) is 6.67. The number of halogens is 2. The number of hydrogen-bond acceptors (Lipinski definition) is 3. The third kappa shape index (κ3) is 2.36. The zero-order chi connectivity index (χ0) is 11.0. The van der Waals surface area contributed by atoms with E-state index in [9.17, 15) is 5.11 Å². The van der Waals surface area contributed by atoms with Gasteiger partial charge in [-0.2, -0.15) is 0 Å². The first-order valence-electron chi connectivity index (χ1n) is 4.27. The molecule has 80 valence electrons. The Hall–Kier alpha value is -0.100. The molecular weight excluding hydrogens is 344 g/mol. The summed E-state index contributed by atoms with van der Waals surface area (Å²) in [5.74, 6) is 0.551. The Morgan fingerprint density at radius 2 is 2.13 bits per heavy atom. The maximum atomic E-state index is 10.1. The first kappa shape index (κ1) is 11.4. The third-order valence-electron chi connectivity index (χ3n) is 2.08. The molecule has 0 aromatic carbocycles. The number of furan rings is 1. The van der Waals surface area contributed by atoms with Crippen LogP contribution >= 0.6 is 43.2 Å². The summed E-state index contributed by atoms with van der Waals surface area (Å²) in [5, 5.41) is 10.1. The van der Waals surface area contributed by atoms with Gasteiger partial charge in [0.1, 0.15) is 11.9 Å². The van der Waals surface area contributed by atoms with Crippen LogP contribution in [0.15, 0.2) is 31.1 Å². The molecule has 0 bridgehead atoms. The molecule has 0 amide bonds. The lowest BCUT2D eigenvalue weighted by atomic mass is 10.1. The molecule has 2 aromatic rings. The lowest BCUT2D eigenvalue weighted by Gasteiger charge is -2.06. The van der Waals surface area contributed by atoms with Crippen molar-refractivity contribution in [1.29, 1.82) is 0 Å². The topological polar surface area (TPSA) is 33.4 Å². The van der Waals surface area contributed by atoms with Gasteiger partial charge in [-0.1, -0.05) is 0 Å². The van der Waals surface area contributed by atoms with Crippen LogP contribution in [0.5, 0.6) is 0 Å². The van der Waals surface area contributed by atoms with Crippen LogP contribution in [0.1, 0.15) is 22.3 Å². The minimum Gasteiger partial charge on any atom is -0.451 e. The smallest absolute Gasteiger partial charge is 0.169 e. The second-order valence-electron chi connectivity index (χ2n) is 3.11. The summed E-state index contributed by atoms with van der Waals surface area (Å²) in [6, 6.07) is 5.45. The monoisotopic (exact) mass is 350 g/mol.